The lowest BCUT2D eigenvalue weighted by Gasteiger charge is -2.23. The first kappa shape index (κ1) is 19.3. The first-order valence-electron chi connectivity index (χ1n) is 9.14. The second-order valence-corrected chi connectivity index (χ2v) is 8.49. The molecule has 144 valence electrons. The van der Waals surface area contributed by atoms with E-state index in [1.807, 2.05) is 18.2 Å². The standard InChI is InChI=1S/C21H19N3OS2.ClH/c1-3-18(26-11-1)20-21(19-4-2-12-27-19)24-17-13-15(5-6-16(17)23-20)25-14-7-9-22-10-8-14;/h1-6,11-14,22H,7-10H2;1H. The number of halogens is 1. The summed E-state index contributed by atoms with van der Waals surface area (Å²) in [6, 6.07) is 14.4. The van der Waals surface area contributed by atoms with E-state index in [9.17, 15) is 0 Å². The molecule has 1 aliphatic rings. The summed E-state index contributed by atoms with van der Waals surface area (Å²) in [6.07, 6.45) is 2.36. The molecule has 1 aromatic carbocycles. The molecule has 3 aromatic heterocycles. The van der Waals surface area contributed by atoms with E-state index in [2.05, 4.69) is 40.3 Å². The Hall–Kier alpha value is -1.99. The van der Waals surface area contributed by atoms with Gasteiger partial charge in [0.25, 0.3) is 0 Å². The van der Waals surface area contributed by atoms with Gasteiger partial charge in [-0.2, -0.15) is 0 Å². The molecule has 0 atom stereocenters. The van der Waals surface area contributed by atoms with Gasteiger partial charge in [-0.15, -0.1) is 35.1 Å². The highest BCUT2D eigenvalue weighted by molar-refractivity contribution is 7.14. The van der Waals surface area contributed by atoms with Crippen molar-refractivity contribution in [1.29, 1.82) is 0 Å². The lowest BCUT2D eigenvalue weighted by Crippen LogP contribution is -2.34. The molecule has 7 heteroatoms. The fourth-order valence-electron chi connectivity index (χ4n) is 3.38. The van der Waals surface area contributed by atoms with Crippen LogP contribution in [0.3, 0.4) is 0 Å². The lowest BCUT2D eigenvalue weighted by molar-refractivity contribution is 0.162. The molecule has 4 nitrogen and oxygen atoms in total. The Morgan fingerprint density at radius 2 is 1.50 bits per heavy atom. The van der Waals surface area contributed by atoms with Crippen molar-refractivity contribution in [2.75, 3.05) is 13.1 Å². The monoisotopic (exact) mass is 429 g/mol. The first-order valence-corrected chi connectivity index (χ1v) is 10.9. The van der Waals surface area contributed by atoms with Crippen LogP contribution in [0.25, 0.3) is 32.2 Å². The van der Waals surface area contributed by atoms with Gasteiger partial charge in [0.2, 0.25) is 0 Å². The predicted molar refractivity (Wildman–Crippen MR) is 120 cm³/mol. The van der Waals surface area contributed by atoms with E-state index in [1.54, 1.807) is 22.7 Å². The van der Waals surface area contributed by atoms with Gasteiger partial charge in [-0.1, -0.05) is 12.1 Å². The smallest absolute Gasteiger partial charge is 0.122 e. The van der Waals surface area contributed by atoms with Crippen LogP contribution in [0.2, 0.25) is 0 Å². The summed E-state index contributed by atoms with van der Waals surface area (Å²) in [5.74, 6) is 0.879. The number of ether oxygens (including phenoxy) is 1. The Kier molecular flexibility index (Phi) is 5.92. The minimum atomic E-state index is 0. The first-order chi connectivity index (χ1) is 13.4. The number of benzene rings is 1. The molecule has 1 aliphatic heterocycles. The Morgan fingerprint density at radius 3 is 2.11 bits per heavy atom. The van der Waals surface area contributed by atoms with Crippen molar-refractivity contribution < 1.29 is 4.74 Å². The normalized spacial score (nSPS) is 14.7. The quantitative estimate of drug-likeness (QED) is 0.456. The van der Waals surface area contributed by atoms with Crippen molar-refractivity contribution in [1.82, 2.24) is 15.3 Å². The number of thiophene rings is 2. The van der Waals surface area contributed by atoms with Crippen LogP contribution in [0.5, 0.6) is 5.75 Å². The molecular formula is C21H20ClN3OS2. The summed E-state index contributed by atoms with van der Waals surface area (Å²) >= 11 is 3.39. The number of fused-ring (bicyclic) bond motifs is 1. The maximum atomic E-state index is 6.19. The minimum absolute atomic E-state index is 0. The number of nitrogens with zero attached hydrogens (tertiary/aromatic N) is 2. The summed E-state index contributed by atoms with van der Waals surface area (Å²) in [5.41, 5.74) is 3.67. The molecule has 1 N–H and O–H groups in total. The molecule has 4 aromatic rings. The second-order valence-electron chi connectivity index (χ2n) is 6.59. The van der Waals surface area contributed by atoms with Gasteiger partial charge < -0.3 is 10.1 Å². The zero-order chi connectivity index (χ0) is 18.1. The van der Waals surface area contributed by atoms with Crippen molar-refractivity contribution in [2.24, 2.45) is 0 Å². The summed E-state index contributed by atoms with van der Waals surface area (Å²) < 4.78 is 6.19. The summed E-state index contributed by atoms with van der Waals surface area (Å²) in [4.78, 5) is 12.2. The third kappa shape index (κ3) is 3.91. The highest BCUT2D eigenvalue weighted by Crippen LogP contribution is 2.36. The maximum Gasteiger partial charge on any atom is 0.122 e. The fraction of sp³-hybridized carbons (Fsp3) is 0.238. The average molecular weight is 430 g/mol. The van der Waals surface area contributed by atoms with Crippen LogP contribution in [0, 0.1) is 0 Å². The lowest BCUT2D eigenvalue weighted by atomic mass is 10.1. The molecular weight excluding hydrogens is 410 g/mol. The number of nitrogens with one attached hydrogen (secondary N) is 1. The number of hydrogen-bond acceptors (Lipinski definition) is 6. The number of piperidine rings is 1. The van der Waals surface area contributed by atoms with E-state index < -0.39 is 0 Å². The highest BCUT2D eigenvalue weighted by Gasteiger charge is 2.17. The van der Waals surface area contributed by atoms with Crippen molar-refractivity contribution >= 4 is 46.1 Å². The molecule has 0 bridgehead atoms. The van der Waals surface area contributed by atoms with E-state index >= 15 is 0 Å². The molecule has 0 unspecified atom stereocenters. The predicted octanol–water partition coefficient (Wildman–Crippen LogP) is 5.64. The van der Waals surface area contributed by atoms with Crippen LogP contribution in [-0.2, 0) is 0 Å². The number of aromatic nitrogens is 2. The van der Waals surface area contributed by atoms with E-state index in [0.29, 0.717) is 0 Å². The zero-order valence-electron chi connectivity index (χ0n) is 15.1. The molecule has 4 heterocycles. The van der Waals surface area contributed by atoms with Gasteiger partial charge in [0.15, 0.2) is 0 Å². The van der Waals surface area contributed by atoms with Crippen molar-refractivity contribution in [3.05, 3.63) is 53.2 Å². The van der Waals surface area contributed by atoms with E-state index in [0.717, 1.165) is 63.9 Å². The van der Waals surface area contributed by atoms with E-state index in [4.69, 9.17) is 14.7 Å². The van der Waals surface area contributed by atoms with Gasteiger partial charge in [0.05, 0.1) is 20.8 Å². The van der Waals surface area contributed by atoms with Crippen LogP contribution in [-0.4, -0.2) is 29.2 Å². The molecule has 0 saturated carbocycles. The van der Waals surface area contributed by atoms with Gasteiger partial charge in [0.1, 0.15) is 23.2 Å². The van der Waals surface area contributed by atoms with Crippen LogP contribution in [0.1, 0.15) is 12.8 Å². The number of rotatable bonds is 4. The van der Waals surface area contributed by atoms with Gasteiger partial charge in [-0.3, -0.25) is 0 Å². The second kappa shape index (κ2) is 8.57. The van der Waals surface area contributed by atoms with Crippen molar-refractivity contribution in [2.45, 2.75) is 18.9 Å². The van der Waals surface area contributed by atoms with E-state index in [-0.39, 0.29) is 18.5 Å². The van der Waals surface area contributed by atoms with Crippen LogP contribution >= 0.6 is 35.1 Å². The topological polar surface area (TPSA) is 47.0 Å². The molecule has 1 fully saturated rings. The van der Waals surface area contributed by atoms with Gasteiger partial charge in [-0.25, -0.2) is 9.97 Å². The molecule has 0 radical (unpaired) electrons. The Labute approximate surface area is 178 Å². The fourth-order valence-corrected chi connectivity index (χ4v) is 4.81. The van der Waals surface area contributed by atoms with Crippen LogP contribution in [0.4, 0.5) is 0 Å². The van der Waals surface area contributed by atoms with Crippen molar-refractivity contribution in [3.8, 4) is 26.9 Å². The summed E-state index contributed by atoms with van der Waals surface area (Å²) in [5, 5.41) is 7.53. The van der Waals surface area contributed by atoms with Crippen LogP contribution in [0.15, 0.2) is 53.2 Å². The summed E-state index contributed by atoms with van der Waals surface area (Å²) in [6.45, 7) is 2.04. The molecule has 28 heavy (non-hydrogen) atoms. The average Bonchev–Trinajstić information content (AvgIpc) is 3.42. The van der Waals surface area contributed by atoms with Gasteiger partial charge >= 0.3 is 0 Å². The Bertz CT molecular complexity index is 1050. The van der Waals surface area contributed by atoms with E-state index in [1.165, 1.54) is 0 Å². The molecule has 1 saturated heterocycles. The summed E-state index contributed by atoms with van der Waals surface area (Å²) in [7, 11) is 0. The Morgan fingerprint density at radius 1 is 0.857 bits per heavy atom. The number of hydrogen-bond donors (Lipinski definition) is 1. The minimum Gasteiger partial charge on any atom is -0.490 e. The van der Waals surface area contributed by atoms with Gasteiger partial charge in [0, 0.05) is 6.07 Å². The van der Waals surface area contributed by atoms with Crippen molar-refractivity contribution in [3.63, 3.8) is 0 Å². The SMILES string of the molecule is Cl.c1csc(-c2nc3ccc(OC4CCNCC4)cc3nc2-c2cccs2)c1. The third-order valence-electron chi connectivity index (χ3n) is 4.73. The highest BCUT2D eigenvalue weighted by atomic mass is 35.5. The third-order valence-corrected chi connectivity index (χ3v) is 6.49. The molecule has 5 rings (SSSR count). The molecule has 0 aliphatic carbocycles. The Balaban J connectivity index is 0.00000192. The van der Waals surface area contributed by atoms with Crippen LogP contribution < -0.4 is 10.1 Å². The largest absolute Gasteiger partial charge is 0.490 e. The molecule has 0 amide bonds. The maximum absolute atomic E-state index is 6.19. The zero-order valence-corrected chi connectivity index (χ0v) is 17.6. The van der Waals surface area contributed by atoms with Gasteiger partial charge in [-0.05, 0) is 61.0 Å². The molecule has 0 spiro atoms.